The predicted octanol–water partition coefficient (Wildman–Crippen LogP) is 6.59. The number of alkyl halides is 6. The largest absolute Gasteiger partial charge is 0.466 e. The van der Waals surface area contributed by atoms with Gasteiger partial charge in [-0.1, -0.05) is 44.9 Å². The van der Waals surface area contributed by atoms with Crippen LogP contribution in [0, 0.1) is 0 Å². The van der Waals surface area contributed by atoms with Crippen molar-refractivity contribution in [3.63, 3.8) is 0 Å². The van der Waals surface area contributed by atoms with Crippen LogP contribution in [0.4, 0.5) is 31.1 Å². The van der Waals surface area contributed by atoms with E-state index in [2.05, 4.69) is 9.15 Å². The number of carbonyl (C=O) groups excluding carboxylic acids is 2. The summed E-state index contributed by atoms with van der Waals surface area (Å²) in [6.45, 7) is -0.972. The number of rotatable bonds is 7. The second-order valence-electron chi connectivity index (χ2n) is 8.29. The lowest BCUT2D eigenvalue weighted by molar-refractivity contribution is -0.311. The number of halogens is 6. The van der Waals surface area contributed by atoms with Crippen LogP contribution in [0.2, 0.25) is 0 Å². The van der Waals surface area contributed by atoms with Crippen LogP contribution < -0.4 is 5.32 Å². The van der Waals surface area contributed by atoms with Gasteiger partial charge in [0.2, 0.25) is 0 Å². The van der Waals surface area contributed by atoms with Gasteiger partial charge in [-0.15, -0.1) is 0 Å². The Labute approximate surface area is 193 Å². The lowest BCUT2D eigenvalue weighted by Crippen LogP contribution is -2.64. The first kappa shape index (κ1) is 27.8. The van der Waals surface area contributed by atoms with Gasteiger partial charge in [0, 0.05) is 0 Å². The third-order valence-corrected chi connectivity index (χ3v) is 5.56. The summed E-state index contributed by atoms with van der Waals surface area (Å²) in [7, 11) is 0. The van der Waals surface area contributed by atoms with Gasteiger partial charge in [0.05, 0.1) is 6.26 Å². The minimum atomic E-state index is -6.30. The number of nitrogens with one attached hydrogen (secondary N) is 1. The van der Waals surface area contributed by atoms with E-state index in [-0.39, 0.29) is 5.76 Å². The third-order valence-electron chi connectivity index (χ3n) is 5.56. The molecule has 1 fully saturated rings. The number of alkyl carbamates (subject to hydrolysis) is 1. The van der Waals surface area contributed by atoms with E-state index in [1.807, 2.05) is 0 Å². The SMILES string of the molecule is O=C(NC(F)(F)C(F)(F)C(F)(F)C(=O)OCc1ccco1)OC1CCCCCCCCCCC1. The summed E-state index contributed by atoms with van der Waals surface area (Å²) in [5.74, 6) is -15.3. The van der Waals surface area contributed by atoms with Crippen LogP contribution in [0.5, 0.6) is 0 Å². The van der Waals surface area contributed by atoms with Crippen molar-refractivity contribution in [2.24, 2.45) is 0 Å². The van der Waals surface area contributed by atoms with Gasteiger partial charge in [0.15, 0.2) is 0 Å². The first-order chi connectivity index (χ1) is 16.0. The molecule has 0 aliphatic heterocycles. The highest BCUT2D eigenvalue weighted by atomic mass is 19.3. The average Bonchev–Trinajstić information content (AvgIpc) is 3.27. The Balaban J connectivity index is 1.97. The smallest absolute Gasteiger partial charge is 0.412 e. The van der Waals surface area contributed by atoms with Crippen LogP contribution in [-0.2, 0) is 20.9 Å². The molecule has 0 radical (unpaired) electrons. The molecule has 1 N–H and O–H groups in total. The molecular weight excluding hydrogens is 472 g/mol. The molecule has 1 heterocycles. The Morgan fingerprint density at radius 3 is 1.94 bits per heavy atom. The van der Waals surface area contributed by atoms with E-state index in [1.54, 1.807) is 0 Å². The van der Waals surface area contributed by atoms with Crippen molar-refractivity contribution in [3.05, 3.63) is 24.2 Å². The Morgan fingerprint density at radius 1 is 0.912 bits per heavy atom. The third kappa shape index (κ3) is 7.56. The normalized spacial score (nSPS) is 17.8. The topological polar surface area (TPSA) is 77.8 Å². The summed E-state index contributed by atoms with van der Waals surface area (Å²) in [6, 6.07) is -3.30. The van der Waals surface area contributed by atoms with Gasteiger partial charge in [-0.25, -0.2) is 9.59 Å². The number of amides is 1. The van der Waals surface area contributed by atoms with Gasteiger partial charge >= 0.3 is 30.0 Å². The average molecular weight is 501 g/mol. The van der Waals surface area contributed by atoms with E-state index in [4.69, 9.17) is 4.74 Å². The zero-order valence-corrected chi connectivity index (χ0v) is 18.6. The van der Waals surface area contributed by atoms with Crippen molar-refractivity contribution >= 4 is 12.1 Å². The van der Waals surface area contributed by atoms with E-state index >= 15 is 0 Å². The summed E-state index contributed by atoms with van der Waals surface area (Å²) in [4.78, 5) is 23.4. The number of esters is 1. The Kier molecular flexibility index (Phi) is 10.1. The molecule has 0 saturated heterocycles. The molecule has 0 spiro atoms. The van der Waals surface area contributed by atoms with E-state index in [1.165, 1.54) is 12.1 Å². The first-order valence-electron chi connectivity index (χ1n) is 11.3. The second kappa shape index (κ2) is 12.3. The molecule has 0 bridgehead atoms. The lowest BCUT2D eigenvalue weighted by Gasteiger charge is -2.31. The molecule has 2 rings (SSSR count). The second-order valence-corrected chi connectivity index (χ2v) is 8.29. The van der Waals surface area contributed by atoms with Crippen LogP contribution in [0.1, 0.15) is 76.4 Å². The summed E-state index contributed by atoms with van der Waals surface area (Å²) >= 11 is 0. The monoisotopic (exact) mass is 501 g/mol. The highest BCUT2D eigenvalue weighted by Crippen LogP contribution is 2.45. The van der Waals surface area contributed by atoms with E-state index in [0.717, 1.165) is 51.2 Å². The van der Waals surface area contributed by atoms with Crippen LogP contribution in [0.25, 0.3) is 0 Å². The standard InChI is InChI=1S/C22H29F6NO5/c23-20(24,18(30)33-15-17-13-10-14-32-17)21(25,26)22(27,28)29-19(31)34-16-11-8-6-4-2-1-3-5-7-9-12-16/h10,13-14,16H,1-9,11-12,15H2,(H,29,31). The highest BCUT2D eigenvalue weighted by molar-refractivity contribution is 5.79. The summed E-state index contributed by atoms with van der Waals surface area (Å²) in [5.41, 5.74) is 0. The van der Waals surface area contributed by atoms with E-state index in [9.17, 15) is 35.9 Å². The van der Waals surface area contributed by atoms with Crippen molar-refractivity contribution in [2.75, 3.05) is 0 Å². The van der Waals surface area contributed by atoms with Crippen molar-refractivity contribution in [2.45, 2.75) is 101 Å². The van der Waals surface area contributed by atoms with Gasteiger partial charge in [0.25, 0.3) is 0 Å². The Bertz CT molecular complexity index is 760. The van der Waals surface area contributed by atoms with Gasteiger partial charge in [0.1, 0.15) is 18.5 Å². The predicted molar refractivity (Wildman–Crippen MR) is 108 cm³/mol. The van der Waals surface area contributed by atoms with E-state index < -0.39 is 42.7 Å². The minimum absolute atomic E-state index is 0.169. The molecular formula is C22H29F6NO5. The fourth-order valence-electron chi connectivity index (χ4n) is 3.58. The molecule has 1 aromatic rings. The molecule has 0 atom stereocenters. The molecule has 194 valence electrons. The quantitative estimate of drug-likeness (QED) is 0.259. The number of ether oxygens (including phenoxy) is 2. The van der Waals surface area contributed by atoms with Crippen LogP contribution in [0.15, 0.2) is 22.8 Å². The van der Waals surface area contributed by atoms with Crippen LogP contribution >= 0.6 is 0 Å². The maximum Gasteiger partial charge on any atom is 0.412 e. The van der Waals surface area contributed by atoms with Crippen molar-refractivity contribution < 1.29 is 49.8 Å². The zero-order valence-electron chi connectivity index (χ0n) is 18.6. The van der Waals surface area contributed by atoms with Crippen LogP contribution in [-0.4, -0.2) is 36.1 Å². The summed E-state index contributed by atoms with van der Waals surface area (Å²) in [5, 5.41) is 0.510. The summed E-state index contributed by atoms with van der Waals surface area (Å²) < 4.78 is 97.7. The molecule has 0 aromatic carbocycles. The number of furan rings is 1. The number of hydrogen-bond acceptors (Lipinski definition) is 5. The Morgan fingerprint density at radius 2 is 1.44 bits per heavy atom. The molecule has 1 saturated carbocycles. The molecule has 34 heavy (non-hydrogen) atoms. The molecule has 1 aliphatic rings. The van der Waals surface area contributed by atoms with Crippen molar-refractivity contribution in [1.29, 1.82) is 0 Å². The molecule has 12 heteroatoms. The van der Waals surface area contributed by atoms with Crippen molar-refractivity contribution in [1.82, 2.24) is 5.32 Å². The van der Waals surface area contributed by atoms with Gasteiger partial charge in [-0.05, 0) is 37.8 Å². The molecule has 1 amide bonds. The maximum atomic E-state index is 14.1. The number of carbonyl (C=O) groups is 2. The molecule has 0 unspecified atom stereocenters. The van der Waals surface area contributed by atoms with Gasteiger partial charge < -0.3 is 13.9 Å². The lowest BCUT2D eigenvalue weighted by atomic mass is 9.99. The first-order valence-corrected chi connectivity index (χ1v) is 11.3. The number of hydrogen-bond donors (Lipinski definition) is 1. The zero-order chi connectivity index (χ0) is 25.2. The van der Waals surface area contributed by atoms with E-state index in [0.29, 0.717) is 31.0 Å². The maximum absolute atomic E-state index is 14.1. The Hall–Kier alpha value is -2.40. The fourth-order valence-corrected chi connectivity index (χ4v) is 3.58. The van der Waals surface area contributed by atoms with Crippen molar-refractivity contribution in [3.8, 4) is 0 Å². The van der Waals surface area contributed by atoms with Crippen LogP contribution in [0.3, 0.4) is 0 Å². The molecule has 6 nitrogen and oxygen atoms in total. The van der Waals surface area contributed by atoms with Gasteiger partial charge in [-0.3, -0.25) is 5.32 Å². The van der Waals surface area contributed by atoms with Gasteiger partial charge in [-0.2, -0.15) is 26.3 Å². The minimum Gasteiger partial charge on any atom is -0.466 e. The summed E-state index contributed by atoms with van der Waals surface area (Å²) in [6.07, 6.45) is 7.13. The fraction of sp³-hybridized carbons (Fsp3) is 0.727. The molecule has 1 aromatic heterocycles. The highest BCUT2D eigenvalue weighted by Gasteiger charge is 2.77. The molecule has 1 aliphatic carbocycles.